The van der Waals surface area contributed by atoms with Gasteiger partial charge >= 0.3 is 0 Å². The average Bonchev–Trinajstić information content (AvgIpc) is 3.38. The second kappa shape index (κ2) is 12.7. The molecule has 4 aromatic rings. The third kappa shape index (κ3) is 6.48. The Labute approximate surface area is 232 Å². The highest BCUT2D eigenvalue weighted by molar-refractivity contribution is 5.98. The zero-order valence-corrected chi connectivity index (χ0v) is 22.7. The summed E-state index contributed by atoms with van der Waals surface area (Å²) in [5, 5.41) is 46.8. The van der Waals surface area contributed by atoms with Crippen LogP contribution in [0.2, 0.25) is 0 Å². The van der Waals surface area contributed by atoms with Gasteiger partial charge < -0.3 is 45.5 Å². The third-order valence-electron chi connectivity index (χ3n) is 6.84. The summed E-state index contributed by atoms with van der Waals surface area (Å²) in [5.41, 5.74) is 3.80. The number of nitrogens with one attached hydrogen (secondary N) is 3. The second-order valence-corrected chi connectivity index (χ2v) is 9.66. The van der Waals surface area contributed by atoms with Crippen LogP contribution in [-0.4, -0.2) is 58.1 Å². The number of aliphatic hydroxyl groups excluding tert-OH is 2. The number of amides is 1. The summed E-state index contributed by atoms with van der Waals surface area (Å²) in [7, 11) is 2.95. The summed E-state index contributed by atoms with van der Waals surface area (Å²) in [6, 6.07) is 15.6. The number of methoxy groups -OCH3 is 2. The molecule has 212 valence electrons. The second-order valence-electron chi connectivity index (χ2n) is 9.66. The average molecular weight is 550 g/mol. The zero-order chi connectivity index (χ0) is 28.8. The van der Waals surface area contributed by atoms with Crippen molar-refractivity contribution in [3.05, 3.63) is 82.5 Å². The highest BCUT2D eigenvalue weighted by Gasteiger charge is 2.17. The molecule has 0 radical (unpaired) electrons. The largest absolute Gasteiger partial charge is 0.508 e. The summed E-state index contributed by atoms with van der Waals surface area (Å²) in [6.45, 7) is 2.12. The van der Waals surface area contributed by atoms with Gasteiger partial charge in [-0.1, -0.05) is 12.1 Å². The van der Waals surface area contributed by atoms with Crippen molar-refractivity contribution in [1.29, 1.82) is 0 Å². The van der Waals surface area contributed by atoms with Crippen LogP contribution >= 0.6 is 0 Å². The molecular formula is C30H35N3O7. The molecule has 0 saturated heterocycles. The van der Waals surface area contributed by atoms with Gasteiger partial charge in [-0.2, -0.15) is 0 Å². The number of ether oxygens (including phenoxy) is 2. The number of H-pyrrole nitrogens is 1. The monoisotopic (exact) mass is 549 g/mol. The van der Waals surface area contributed by atoms with E-state index in [1.165, 1.54) is 26.4 Å². The van der Waals surface area contributed by atoms with Crippen LogP contribution in [0.3, 0.4) is 0 Å². The van der Waals surface area contributed by atoms with Crippen LogP contribution in [-0.2, 0) is 19.6 Å². The summed E-state index contributed by atoms with van der Waals surface area (Å²) < 4.78 is 10.6. The Bertz CT molecular complexity index is 1480. The number of carbonyl (C=O) groups excluding carboxylic acids is 1. The first-order valence-electron chi connectivity index (χ1n) is 12.9. The van der Waals surface area contributed by atoms with Crippen molar-refractivity contribution in [3.63, 3.8) is 0 Å². The molecule has 0 aliphatic heterocycles. The fraction of sp³-hybridized carbons (Fsp3) is 0.300. The molecule has 1 heterocycles. The molecule has 3 aromatic carbocycles. The van der Waals surface area contributed by atoms with Gasteiger partial charge in [-0.3, -0.25) is 4.79 Å². The lowest BCUT2D eigenvalue weighted by Gasteiger charge is -2.18. The van der Waals surface area contributed by atoms with Gasteiger partial charge in [-0.25, -0.2) is 0 Å². The molecule has 0 fully saturated rings. The van der Waals surface area contributed by atoms with Gasteiger partial charge in [0.15, 0.2) is 11.5 Å². The molecule has 0 saturated carbocycles. The molecule has 0 aliphatic rings. The Morgan fingerprint density at radius 2 is 1.77 bits per heavy atom. The fourth-order valence-electron chi connectivity index (χ4n) is 4.67. The minimum Gasteiger partial charge on any atom is -0.508 e. The van der Waals surface area contributed by atoms with Crippen molar-refractivity contribution in [1.82, 2.24) is 15.6 Å². The van der Waals surface area contributed by atoms with Gasteiger partial charge in [-0.05, 0) is 66.9 Å². The quantitative estimate of drug-likeness (QED) is 0.142. The maximum Gasteiger partial charge on any atom is 0.268 e. The molecule has 2 unspecified atom stereocenters. The number of aromatic hydroxyl groups is 2. The normalized spacial score (nSPS) is 12.7. The minimum absolute atomic E-state index is 0.00231. The molecule has 0 spiro atoms. The molecule has 10 heteroatoms. The van der Waals surface area contributed by atoms with E-state index in [1.807, 2.05) is 25.1 Å². The predicted octanol–water partition coefficient (Wildman–Crippen LogP) is 3.27. The van der Waals surface area contributed by atoms with Crippen LogP contribution in [0.25, 0.3) is 10.9 Å². The van der Waals surface area contributed by atoms with Crippen molar-refractivity contribution in [2.75, 3.05) is 20.8 Å². The number of hydrogen-bond acceptors (Lipinski definition) is 8. The third-order valence-corrected chi connectivity index (χ3v) is 6.84. The van der Waals surface area contributed by atoms with E-state index >= 15 is 0 Å². The molecule has 10 nitrogen and oxygen atoms in total. The van der Waals surface area contributed by atoms with E-state index in [0.29, 0.717) is 41.1 Å². The van der Waals surface area contributed by atoms with Crippen molar-refractivity contribution in [2.24, 2.45) is 0 Å². The Balaban J connectivity index is 1.37. The summed E-state index contributed by atoms with van der Waals surface area (Å²) in [6.07, 6.45) is -0.0921. The number of aromatic amines is 1. The van der Waals surface area contributed by atoms with E-state index in [-0.39, 0.29) is 42.3 Å². The van der Waals surface area contributed by atoms with Crippen LogP contribution in [0.15, 0.2) is 54.6 Å². The fourth-order valence-corrected chi connectivity index (χ4v) is 4.67. The maximum atomic E-state index is 12.9. The van der Waals surface area contributed by atoms with E-state index in [9.17, 15) is 25.2 Å². The van der Waals surface area contributed by atoms with Gasteiger partial charge in [0.2, 0.25) is 0 Å². The molecule has 0 aliphatic carbocycles. The van der Waals surface area contributed by atoms with Crippen LogP contribution in [0.5, 0.6) is 23.0 Å². The Morgan fingerprint density at radius 1 is 1.00 bits per heavy atom. The van der Waals surface area contributed by atoms with Crippen molar-refractivity contribution < 1.29 is 34.7 Å². The van der Waals surface area contributed by atoms with Gasteiger partial charge in [0.05, 0.1) is 39.0 Å². The van der Waals surface area contributed by atoms with E-state index in [1.54, 1.807) is 24.3 Å². The highest BCUT2D eigenvalue weighted by atomic mass is 16.5. The van der Waals surface area contributed by atoms with Gasteiger partial charge in [0.1, 0.15) is 17.2 Å². The van der Waals surface area contributed by atoms with Crippen molar-refractivity contribution in [2.45, 2.75) is 38.6 Å². The number of aromatic nitrogens is 1. The lowest BCUT2D eigenvalue weighted by molar-refractivity contribution is 0.0946. The Kier molecular flexibility index (Phi) is 9.15. The summed E-state index contributed by atoms with van der Waals surface area (Å²) >= 11 is 0. The lowest BCUT2D eigenvalue weighted by Crippen LogP contribution is -2.32. The van der Waals surface area contributed by atoms with E-state index in [0.717, 1.165) is 16.5 Å². The van der Waals surface area contributed by atoms with Gasteiger partial charge in [0, 0.05) is 29.1 Å². The van der Waals surface area contributed by atoms with Gasteiger partial charge in [-0.15, -0.1) is 0 Å². The zero-order valence-electron chi connectivity index (χ0n) is 22.7. The first-order valence-corrected chi connectivity index (χ1v) is 12.9. The Hall–Kier alpha value is -4.25. The first kappa shape index (κ1) is 28.8. The van der Waals surface area contributed by atoms with Crippen LogP contribution in [0.1, 0.15) is 45.8 Å². The maximum absolute atomic E-state index is 12.9. The number of phenols is 2. The lowest BCUT2D eigenvalue weighted by atomic mass is 10.0. The number of phenolic OH excluding ortho intramolecular Hbond substituents is 1. The molecule has 7 N–H and O–H groups in total. The van der Waals surface area contributed by atoms with Crippen LogP contribution in [0, 0.1) is 0 Å². The molecule has 1 aromatic heterocycles. The number of rotatable bonds is 12. The SMILES string of the molecule is COc1ccc(O)c(OC)c1CNC(=O)c1cc2cc(CC(C)NCC(O)c3ccc(O)c(CO)c3)ccc2[nH]1. The predicted molar refractivity (Wildman–Crippen MR) is 151 cm³/mol. The molecule has 40 heavy (non-hydrogen) atoms. The number of benzene rings is 3. The molecule has 0 bridgehead atoms. The molecule has 2 atom stereocenters. The van der Waals surface area contributed by atoms with Gasteiger partial charge in [0.25, 0.3) is 5.91 Å². The number of carbonyl (C=O) groups is 1. The molecular weight excluding hydrogens is 514 g/mol. The standard InChI is InChI=1S/C30H35N3O7/c1-17(31-15-27(37)19-5-7-25(35)21(12-19)16-34)10-18-4-6-23-20(11-18)13-24(33-23)30(38)32-14-22-28(39-2)9-8-26(36)29(22)40-3/h4-9,11-13,17,27,31,33-37H,10,14-16H2,1-3H3,(H,32,38). The number of aliphatic hydroxyl groups is 2. The van der Waals surface area contributed by atoms with Crippen LogP contribution in [0.4, 0.5) is 0 Å². The van der Waals surface area contributed by atoms with E-state index in [2.05, 4.69) is 15.6 Å². The molecule has 4 rings (SSSR count). The number of fused-ring (bicyclic) bond motifs is 1. The summed E-state index contributed by atoms with van der Waals surface area (Å²) in [5.74, 6) is 0.379. The van der Waals surface area contributed by atoms with Crippen molar-refractivity contribution >= 4 is 16.8 Å². The number of hydrogen-bond donors (Lipinski definition) is 7. The van der Waals surface area contributed by atoms with E-state index < -0.39 is 6.10 Å². The molecule has 1 amide bonds. The van der Waals surface area contributed by atoms with Crippen LogP contribution < -0.4 is 20.1 Å². The minimum atomic E-state index is -0.790. The topological polar surface area (TPSA) is 156 Å². The highest BCUT2D eigenvalue weighted by Crippen LogP contribution is 2.36. The smallest absolute Gasteiger partial charge is 0.268 e. The van der Waals surface area contributed by atoms with Crippen molar-refractivity contribution in [3.8, 4) is 23.0 Å². The Morgan fingerprint density at radius 3 is 2.50 bits per heavy atom. The summed E-state index contributed by atoms with van der Waals surface area (Å²) in [4.78, 5) is 16.1. The first-order chi connectivity index (χ1) is 19.2. The van der Waals surface area contributed by atoms with E-state index in [4.69, 9.17) is 9.47 Å².